The molecule has 7 nitrogen and oxygen atoms in total. The highest BCUT2D eigenvalue weighted by Gasteiger charge is 2.54. The van der Waals surface area contributed by atoms with E-state index >= 15 is 0 Å². The molecule has 2 heterocycles. The monoisotopic (exact) mass is 520 g/mol. The van der Waals surface area contributed by atoms with E-state index in [0.717, 1.165) is 42.2 Å². The van der Waals surface area contributed by atoms with Crippen molar-refractivity contribution >= 4 is 23.4 Å². The van der Waals surface area contributed by atoms with Crippen LogP contribution in [0.5, 0.6) is 0 Å². The molecule has 2 saturated carbocycles. The molecule has 1 N–H and O–H groups in total. The Balaban J connectivity index is 1.36. The molecule has 2 aliphatic carbocycles. The van der Waals surface area contributed by atoms with Gasteiger partial charge < -0.3 is 24.4 Å². The van der Waals surface area contributed by atoms with Crippen LogP contribution in [-0.2, 0) is 14.2 Å². The molecular formula is C26H34F2N4O3S. The Labute approximate surface area is 215 Å². The minimum atomic E-state index is -0.821. The quantitative estimate of drug-likeness (QED) is 0.367. The first-order valence-electron chi connectivity index (χ1n) is 12.5. The number of benzene rings is 1. The molecule has 0 radical (unpaired) electrons. The second kappa shape index (κ2) is 10.0. The van der Waals surface area contributed by atoms with E-state index < -0.39 is 17.4 Å². The summed E-state index contributed by atoms with van der Waals surface area (Å²) in [4.78, 5) is 11.7. The standard InChI is InChI=1S/C26H34F2N4O3S/c1-6-9-36-25-30-21(29-18-12-20(33-5)24-23(18)34-26(2,3)35-24)13-22(31-25)32(4)19-11-15(19)14-7-8-16(27)17(28)10-14/h7-8,10,13,15,18-20,23-24H,6,9,11-12H2,1-5H3,(H,29,30,31)/t15-,18+,19+,20-,23-,24+/m0/s1. The van der Waals surface area contributed by atoms with E-state index in [1.807, 2.05) is 27.0 Å². The first kappa shape index (κ1) is 25.6. The van der Waals surface area contributed by atoms with Crippen molar-refractivity contribution in [1.29, 1.82) is 0 Å². The van der Waals surface area contributed by atoms with Gasteiger partial charge in [0.1, 0.15) is 23.8 Å². The lowest BCUT2D eigenvalue weighted by Crippen LogP contribution is -2.35. The molecule has 3 aliphatic rings. The van der Waals surface area contributed by atoms with Gasteiger partial charge in [-0.1, -0.05) is 24.8 Å². The summed E-state index contributed by atoms with van der Waals surface area (Å²) in [7, 11) is 3.70. The van der Waals surface area contributed by atoms with Crippen LogP contribution in [0.4, 0.5) is 20.4 Å². The molecule has 196 valence electrons. The lowest BCUT2D eigenvalue weighted by Gasteiger charge is -2.25. The van der Waals surface area contributed by atoms with Gasteiger partial charge in [-0.2, -0.15) is 0 Å². The minimum Gasteiger partial charge on any atom is -0.379 e. The fourth-order valence-corrected chi connectivity index (χ4v) is 6.01. The predicted octanol–water partition coefficient (Wildman–Crippen LogP) is 4.97. The number of nitrogens with zero attached hydrogens (tertiary/aromatic N) is 3. The van der Waals surface area contributed by atoms with Crippen molar-refractivity contribution in [1.82, 2.24) is 9.97 Å². The number of methoxy groups -OCH3 is 1. The fourth-order valence-electron chi connectivity index (χ4n) is 5.30. The van der Waals surface area contributed by atoms with Crippen LogP contribution in [0, 0.1) is 11.6 Å². The second-order valence-electron chi connectivity index (χ2n) is 10.3. The molecule has 1 aliphatic heterocycles. The molecule has 1 aromatic heterocycles. The summed E-state index contributed by atoms with van der Waals surface area (Å²) >= 11 is 1.62. The van der Waals surface area contributed by atoms with Crippen molar-refractivity contribution in [3.8, 4) is 0 Å². The molecule has 5 rings (SSSR count). The predicted molar refractivity (Wildman–Crippen MR) is 136 cm³/mol. The number of nitrogens with one attached hydrogen (secondary N) is 1. The maximum Gasteiger partial charge on any atom is 0.191 e. The summed E-state index contributed by atoms with van der Waals surface area (Å²) in [6.07, 6.45) is 2.27. The molecule has 6 atom stereocenters. The Morgan fingerprint density at radius 2 is 1.92 bits per heavy atom. The topological polar surface area (TPSA) is 68.7 Å². The molecule has 1 aromatic carbocycles. The van der Waals surface area contributed by atoms with Crippen molar-refractivity contribution < 1.29 is 23.0 Å². The molecule has 0 bridgehead atoms. The first-order valence-corrected chi connectivity index (χ1v) is 13.5. The minimum absolute atomic E-state index is 0.0188. The zero-order chi connectivity index (χ0) is 25.6. The Morgan fingerprint density at radius 1 is 1.14 bits per heavy atom. The highest BCUT2D eigenvalue weighted by atomic mass is 32.2. The number of thioether (sulfide) groups is 1. The van der Waals surface area contributed by atoms with Crippen LogP contribution in [0.25, 0.3) is 0 Å². The highest BCUT2D eigenvalue weighted by molar-refractivity contribution is 7.99. The highest BCUT2D eigenvalue weighted by Crippen LogP contribution is 2.46. The normalized spacial score (nSPS) is 30.3. The van der Waals surface area contributed by atoms with Gasteiger partial charge in [0, 0.05) is 37.9 Å². The van der Waals surface area contributed by atoms with Crippen molar-refractivity contribution in [2.75, 3.05) is 30.1 Å². The van der Waals surface area contributed by atoms with Crippen molar-refractivity contribution in [3.63, 3.8) is 0 Å². The van der Waals surface area contributed by atoms with Gasteiger partial charge in [0.25, 0.3) is 0 Å². The summed E-state index contributed by atoms with van der Waals surface area (Å²) < 4.78 is 45.2. The van der Waals surface area contributed by atoms with E-state index in [1.165, 1.54) is 12.1 Å². The third kappa shape index (κ3) is 5.18. The van der Waals surface area contributed by atoms with Gasteiger partial charge >= 0.3 is 0 Å². The number of hydrogen-bond acceptors (Lipinski definition) is 8. The number of ether oxygens (including phenoxy) is 3. The van der Waals surface area contributed by atoms with E-state index in [4.69, 9.17) is 24.2 Å². The number of rotatable bonds is 9. The third-order valence-electron chi connectivity index (χ3n) is 7.16. The molecule has 36 heavy (non-hydrogen) atoms. The van der Waals surface area contributed by atoms with E-state index in [9.17, 15) is 8.78 Å². The summed E-state index contributed by atoms with van der Waals surface area (Å²) in [5, 5.41) is 4.28. The number of likely N-dealkylation sites (N-methyl/N-ethyl adjacent to an activating group) is 1. The summed E-state index contributed by atoms with van der Waals surface area (Å²) in [6, 6.07) is 6.26. The molecule has 0 unspecified atom stereocenters. The van der Waals surface area contributed by atoms with Crippen molar-refractivity contribution in [2.24, 2.45) is 0 Å². The third-order valence-corrected chi connectivity index (χ3v) is 8.22. The van der Waals surface area contributed by atoms with E-state index in [0.29, 0.717) is 5.16 Å². The average molecular weight is 521 g/mol. The smallest absolute Gasteiger partial charge is 0.191 e. The maximum absolute atomic E-state index is 13.8. The zero-order valence-corrected chi connectivity index (χ0v) is 22.1. The van der Waals surface area contributed by atoms with Crippen molar-refractivity contribution in [3.05, 3.63) is 41.5 Å². The van der Waals surface area contributed by atoms with Gasteiger partial charge in [0.05, 0.1) is 12.1 Å². The molecule has 0 spiro atoms. The Kier molecular flexibility index (Phi) is 7.15. The average Bonchev–Trinajstić information content (AvgIpc) is 3.50. The Hall–Kier alpha value is -2.01. The van der Waals surface area contributed by atoms with Crippen LogP contribution in [-0.4, -0.2) is 66.1 Å². The van der Waals surface area contributed by atoms with Crippen LogP contribution in [0.2, 0.25) is 0 Å². The van der Waals surface area contributed by atoms with Gasteiger partial charge in [-0.05, 0) is 50.8 Å². The zero-order valence-electron chi connectivity index (χ0n) is 21.3. The number of aromatic nitrogens is 2. The van der Waals surface area contributed by atoms with Crippen LogP contribution in [0.1, 0.15) is 51.5 Å². The van der Waals surface area contributed by atoms with Crippen molar-refractivity contribution in [2.45, 2.75) is 87.3 Å². The molecule has 2 aromatic rings. The lowest BCUT2D eigenvalue weighted by atomic mass is 10.1. The van der Waals surface area contributed by atoms with Crippen LogP contribution < -0.4 is 10.2 Å². The fraction of sp³-hybridized carbons (Fsp3) is 0.615. The molecule has 0 amide bonds. The largest absolute Gasteiger partial charge is 0.379 e. The number of fused-ring (bicyclic) bond motifs is 1. The van der Waals surface area contributed by atoms with Gasteiger partial charge in [0.15, 0.2) is 22.6 Å². The lowest BCUT2D eigenvalue weighted by molar-refractivity contribution is -0.164. The number of halogens is 2. The molecular weight excluding hydrogens is 486 g/mol. The molecule has 10 heteroatoms. The van der Waals surface area contributed by atoms with E-state index in [1.54, 1.807) is 24.9 Å². The Bertz CT molecular complexity index is 1110. The molecule has 1 saturated heterocycles. The van der Waals surface area contributed by atoms with Gasteiger partial charge in [-0.15, -0.1) is 0 Å². The van der Waals surface area contributed by atoms with Crippen LogP contribution >= 0.6 is 11.8 Å². The first-order chi connectivity index (χ1) is 17.2. The number of hydrogen-bond donors (Lipinski definition) is 1. The SMILES string of the molecule is CCCSc1nc(N[C@@H]2C[C@H](OC)[C@H]3OC(C)(C)O[C@H]32)cc(N(C)[C@@H]2C[C@H]2c2ccc(F)c(F)c2)n1. The van der Waals surface area contributed by atoms with E-state index in [2.05, 4.69) is 17.1 Å². The van der Waals surface area contributed by atoms with Crippen LogP contribution in [0.15, 0.2) is 29.4 Å². The number of anilines is 2. The van der Waals surface area contributed by atoms with Gasteiger partial charge in [-0.3, -0.25) is 0 Å². The maximum atomic E-state index is 13.8. The summed E-state index contributed by atoms with van der Waals surface area (Å²) in [5.74, 6) is 0.279. The summed E-state index contributed by atoms with van der Waals surface area (Å²) in [5.41, 5.74) is 0.808. The van der Waals surface area contributed by atoms with E-state index in [-0.39, 0.29) is 36.3 Å². The van der Waals surface area contributed by atoms with Gasteiger partial charge in [-0.25, -0.2) is 18.7 Å². The Morgan fingerprint density at radius 3 is 2.64 bits per heavy atom. The second-order valence-corrected chi connectivity index (χ2v) is 11.3. The van der Waals surface area contributed by atoms with Gasteiger partial charge in [0.2, 0.25) is 0 Å². The molecule has 3 fully saturated rings. The summed E-state index contributed by atoms with van der Waals surface area (Å²) in [6.45, 7) is 5.97. The van der Waals surface area contributed by atoms with Crippen LogP contribution in [0.3, 0.4) is 0 Å².